The fourth-order valence-corrected chi connectivity index (χ4v) is 1.29. The Morgan fingerprint density at radius 3 is 2.35 bits per heavy atom. The number of carbonyl (C=O) groups is 1. The van der Waals surface area contributed by atoms with Crippen molar-refractivity contribution in [3.05, 3.63) is 48.0 Å². The van der Waals surface area contributed by atoms with Gasteiger partial charge >= 0.3 is 0 Å². The van der Waals surface area contributed by atoms with Gasteiger partial charge in [0.25, 0.3) is 5.91 Å². The van der Waals surface area contributed by atoms with Crippen molar-refractivity contribution < 1.29 is 9.18 Å². The second kappa shape index (κ2) is 4.92. The van der Waals surface area contributed by atoms with Gasteiger partial charge in [0.05, 0.1) is 5.56 Å². The predicted molar refractivity (Wildman–Crippen MR) is 63.6 cm³/mol. The minimum absolute atomic E-state index is 0.295. The normalized spacial score (nSPS) is 10.0. The van der Waals surface area contributed by atoms with E-state index >= 15 is 0 Å². The maximum Gasteiger partial charge on any atom is 0.258 e. The van der Waals surface area contributed by atoms with Gasteiger partial charge in [-0.15, -0.1) is 12.6 Å². The molecule has 4 nitrogen and oxygen atoms in total. The predicted octanol–water partition coefficient (Wildman–Crippen LogP) is 2.16. The van der Waals surface area contributed by atoms with E-state index in [0.29, 0.717) is 16.4 Å². The molecule has 86 valence electrons. The van der Waals surface area contributed by atoms with Gasteiger partial charge < -0.3 is 5.32 Å². The Balaban J connectivity index is 2.11. The first kappa shape index (κ1) is 11.5. The van der Waals surface area contributed by atoms with Gasteiger partial charge in [0.2, 0.25) is 0 Å². The van der Waals surface area contributed by atoms with Crippen LogP contribution in [0, 0.1) is 5.82 Å². The van der Waals surface area contributed by atoms with E-state index in [1.165, 1.54) is 36.7 Å². The lowest BCUT2D eigenvalue weighted by Crippen LogP contribution is -2.12. The summed E-state index contributed by atoms with van der Waals surface area (Å²) in [4.78, 5) is 19.3. The zero-order valence-corrected chi connectivity index (χ0v) is 9.49. The molecule has 0 fully saturated rings. The molecule has 0 bridgehead atoms. The van der Waals surface area contributed by atoms with Crippen molar-refractivity contribution in [3.63, 3.8) is 0 Å². The second-order valence-electron chi connectivity index (χ2n) is 3.23. The number of carbonyl (C=O) groups excluding carboxylic acids is 1. The van der Waals surface area contributed by atoms with Crippen LogP contribution in [0.3, 0.4) is 0 Å². The highest BCUT2D eigenvalue weighted by Crippen LogP contribution is 2.10. The van der Waals surface area contributed by atoms with Crippen molar-refractivity contribution in [2.45, 2.75) is 5.16 Å². The zero-order chi connectivity index (χ0) is 12.3. The molecule has 0 aliphatic rings. The van der Waals surface area contributed by atoms with Crippen LogP contribution in [0.5, 0.6) is 0 Å². The van der Waals surface area contributed by atoms with Gasteiger partial charge in [0.15, 0.2) is 5.16 Å². The highest BCUT2D eigenvalue weighted by atomic mass is 32.1. The van der Waals surface area contributed by atoms with Gasteiger partial charge in [-0.1, -0.05) is 0 Å². The first-order chi connectivity index (χ1) is 8.15. The lowest BCUT2D eigenvalue weighted by atomic mass is 10.2. The molecular weight excluding hydrogens is 241 g/mol. The van der Waals surface area contributed by atoms with Crippen LogP contribution in [0.4, 0.5) is 10.1 Å². The van der Waals surface area contributed by atoms with Crippen molar-refractivity contribution in [1.29, 1.82) is 0 Å². The second-order valence-corrected chi connectivity index (χ2v) is 3.63. The molecule has 17 heavy (non-hydrogen) atoms. The van der Waals surface area contributed by atoms with Crippen LogP contribution in [0.25, 0.3) is 0 Å². The summed E-state index contributed by atoms with van der Waals surface area (Å²) in [5.74, 6) is -0.712. The molecule has 0 aliphatic heterocycles. The van der Waals surface area contributed by atoms with Gasteiger partial charge in [0, 0.05) is 18.1 Å². The minimum atomic E-state index is -0.357. The molecular formula is C11H8FN3OS. The summed E-state index contributed by atoms with van der Waals surface area (Å²) < 4.78 is 12.7. The van der Waals surface area contributed by atoms with E-state index in [4.69, 9.17) is 0 Å². The number of nitrogens with zero attached hydrogens (tertiary/aromatic N) is 2. The summed E-state index contributed by atoms with van der Waals surface area (Å²) in [5.41, 5.74) is 0.818. The molecule has 1 amide bonds. The summed E-state index contributed by atoms with van der Waals surface area (Å²) in [6, 6.07) is 5.48. The molecule has 0 radical (unpaired) electrons. The number of aromatic nitrogens is 2. The fourth-order valence-electron chi connectivity index (χ4n) is 1.17. The van der Waals surface area contributed by atoms with Crippen molar-refractivity contribution in [1.82, 2.24) is 9.97 Å². The van der Waals surface area contributed by atoms with Crippen LogP contribution in [0.15, 0.2) is 41.8 Å². The Kier molecular flexibility index (Phi) is 3.34. The van der Waals surface area contributed by atoms with Gasteiger partial charge in [-0.05, 0) is 24.3 Å². The summed E-state index contributed by atoms with van der Waals surface area (Å²) in [6.45, 7) is 0. The number of anilines is 1. The molecule has 1 N–H and O–H groups in total. The van der Waals surface area contributed by atoms with Crippen molar-refractivity contribution in [2.24, 2.45) is 0 Å². The third-order valence-corrected chi connectivity index (χ3v) is 2.23. The number of nitrogens with one attached hydrogen (secondary N) is 1. The van der Waals surface area contributed by atoms with Crippen molar-refractivity contribution in [2.75, 3.05) is 5.32 Å². The number of thiol groups is 1. The van der Waals surface area contributed by atoms with Gasteiger partial charge in [-0.25, -0.2) is 14.4 Å². The SMILES string of the molecule is O=C(Nc1ccc(F)cc1)c1cnc(S)nc1. The summed E-state index contributed by atoms with van der Waals surface area (Å²) in [7, 11) is 0. The molecule has 1 aromatic carbocycles. The van der Waals surface area contributed by atoms with Crippen LogP contribution >= 0.6 is 12.6 Å². The zero-order valence-electron chi connectivity index (χ0n) is 8.59. The van der Waals surface area contributed by atoms with E-state index in [1.807, 2.05) is 0 Å². The molecule has 6 heteroatoms. The van der Waals surface area contributed by atoms with E-state index in [2.05, 4.69) is 27.9 Å². The first-order valence-electron chi connectivity index (χ1n) is 4.73. The third kappa shape index (κ3) is 3.01. The molecule has 2 aromatic rings. The number of hydrogen-bond acceptors (Lipinski definition) is 4. The molecule has 0 aliphatic carbocycles. The fraction of sp³-hybridized carbons (Fsp3) is 0. The summed E-state index contributed by atoms with van der Waals surface area (Å²) in [6.07, 6.45) is 2.74. The number of amides is 1. The Bertz CT molecular complexity index is 527. The Morgan fingerprint density at radius 2 is 1.76 bits per heavy atom. The largest absolute Gasteiger partial charge is 0.322 e. The minimum Gasteiger partial charge on any atom is -0.322 e. The van der Waals surface area contributed by atoms with Crippen LogP contribution < -0.4 is 5.32 Å². The quantitative estimate of drug-likeness (QED) is 0.633. The highest BCUT2D eigenvalue weighted by molar-refractivity contribution is 7.80. The maximum absolute atomic E-state index is 12.7. The van der Waals surface area contributed by atoms with Crippen molar-refractivity contribution in [3.8, 4) is 0 Å². The van der Waals surface area contributed by atoms with Crippen molar-refractivity contribution >= 4 is 24.2 Å². The molecule has 0 saturated heterocycles. The molecule has 0 saturated carbocycles. The van der Waals surface area contributed by atoms with E-state index in [0.717, 1.165) is 0 Å². The van der Waals surface area contributed by atoms with Gasteiger partial charge in [-0.2, -0.15) is 0 Å². The van der Waals surface area contributed by atoms with E-state index < -0.39 is 0 Å². The maximum atomic E-state index is 12.7. The molecule has 1 aromatic heterocycles. The number of halogens is 1. The van der Waals surface area contributed by atoms with Crippen LogP contribution in [0.1, 0.15) is 10.4 Å². The third-order valence-electron chi connectivity index (χ3n) is 2.00. The average Bonchev–Trinajstić information content (AvgIpc) is 2.33. The average molecular weight is 249 g/mol. The molecule has 0 unspecified atom stereocenters. The Hall–Kier alpha value is -1.95. The van der Waals surface area contributed by atoms with E-state index in [9.17, 15) is 9.18 Å². The standard InChI is InChI=1S/C11H8FN3OS/c12-8-1-3-9(4-2-8)15-10(16)7-5-13-11(17)14-6-7/h1-6H,(H,15,16)(H,13,14,17). The van der Waals surface area contributed by atoms with E-state index in [-0.39, 0.29) is 11.7 Å². The van der Waals surface area contributed by atoms with Crippen LogP contribution in [0.2, 0.25) is 0 Å². The number of hydrogen-bond donors (Lipinski definition) is 2. The molecule has 2 rings (SSSR count). The topological polar surface area (TPSA) is 54.9 Å². The smallest absolute Gasteiger partial charge is 0.258 e. The van der Waals surface area contributed by atoms with Gasteiger partial charge in [0.1, 0.15) is 5.82 Å². The highest BCUT2D eigenvalue weighted by Gasteiger charge is 2.06. The number of rotatable bonds is 2. The Labute approximate surface area is 102 Å². The lowest BCUT2D eigenvalue weighted by Gasteiger charge is -2.04. The number of benzene rings is 1. The molecule has 1 heterocycles. The monoisotopic (exact) mass is 249 g/mol. The summed E-state index contributed by atoms with van der Waals surface area (Å²) in [5, 5.41) is 2.89. The molecule has 0 spiro atoms. The lowest BCUT2D eigenvalue weighted by molar-refractivity contribution is 0.102. The Morgan fingerprint density at radius 1 is 1.18 bits per heavy atom. The molecule has 0 atom stereocenters. The van der Waals surface area contributed by atoms with E-state index in [1.54, 1.807) is 0 Å². The van der Waals surface area contributed by atoms with Crippen LogP contribution in [-0.4, -0.2) is 15.9 Å². The first-order valence-corrected chi connectivity index (χ1v) is 5.18. The van der Waals surface area contributed by atoms with Gasteiger partial charge in [-0.3, -0.25) is 4.79 Å². The summed E-state index contributed by atoms with van der Waals surface area (Å²) >= 11 is 3.91. The van der Waals surface area contributed by atoms with Crippen LogP contribution in [-0.2, 0) is 0 Å².